The fourth-order valence-electron chi connectivity index (χ4n) is 2.15. The van der Waals surface area contributed by atoms with Crippen LogP contribution in [0.1, 0.15) is 29.2 Å². The fraction of sp³-hybridized carbons (Fsp3) is 0.353. The number of ether oxygens (including phenoxy) is 1. The fourth-order valence-corrected chi connectivity index (χ4v) is 2.15. The van der Waals surface area contributed by atoms with Gasteiger partial charge in [0.25, 0.3) is 0 Å². The van der Waals surface area contributed by atoms with Gasteiger partial charge >= 0.3 is 0 Å². The Balaban J connectivity index is 2.20. The lowest BCUT2D eigenvalue weighted by atomic mass is 10.1. The number of rotatable bonds is 4. The summed E-state index contributed by atoms with van der Waals surface area (Å²) in [5.41, 5.74) is 10.4. The Morgan fingerprint density at radius 2 is 1.80 bits per heavy atom. The Kier molecular flexibility index (Phi) is 4.40. The van der Waals surface area contributed by atoms with Crippen LogP contribution in [0.3, 0.4) is 0 Å². The van der Waals surface area contributed by atoms with Crippen molar-refractivity contribution in [2.45, 2.75) is 40.2 Å². The lowest BCUT2D eigenvalue weighted by Gasteiger charge is -2.13. The zero-order valence-corrected chi connectivity index (χ0v) is 12.6. The number of hydrogen-bond acceptors (Lipinski definition) is 3. The molecule has 1 unspecified atom stereocenters. The largest absolute Gasteiger partial charge is 0.438 e. The maximum absolute atomic E-state index is 5.94. The predicted octanol–water partition coefficient (Wildman–Crippen LogP) is 3.69. The van der Waals surface area contributed by atoms with Gasteiger partial charge in [-0.2, -0.15) is 0 Å². The topological polar surface area (TPSA) is 48.1 Å². The minimum atomic E-state index is 0.143. The third-order valence-electron chi connectivity index (χ3n) is 3.44. The van der Waals surface area contributed by atoms with E-state index >= 15 is 0 Å². The first-order valence-corrected chi connectivity index (χ1v) is 6.92. The van der Waals surface area contributed by atoms with E-state index < -0.39 is 0 Å². The summed E-state index contributed by atoms with van der Waals surface area (Å²) in [7, 11) is 0. The monoisotopic (exact) mass is 270 g/mol. The van der Waals surface area contributed by atoms with E-state index in [2.05, 4.69) is 31.0 Å². The first-order valence-electron chi connectivity index (χ1n) is 6.92. The summed E-state index contributed by atoms with van der Waals surface area (Å²) in [6, 6.07) is 8.24. The Hall–Kier alpha value is -1.87. The molecule has 0 aliphatic rings. The molecule has 0 amide bonds. The zero-order chi connectivity index (χ0) is 14.7. The molecular weight excluding hydrogens is 248 g/mol. The van der Waals surface area contributed by atoms with Crippen molar-refractivity contribution in [2.75, 3.05) is 0 Å². The summed E-state index contributed by atoms with van der Waals surface area (Å²) in [4.78, 5) is 4.36. The van der Waals surface area contributed by atoms with Crippen molar-refractivity contribution in [3.05, 3.63) is 52.7 Å². The molecule has 20 heavy (non-hydrogen) atoms. The van der Waals surface area contributed by atoms with Crippen LogP contribution in [0, 0.1) is 20.8 Å². The van der Waals surface area contributed by atoms with Gasteiger partial charge in [0.05, 0.1) is 0 Å². The molecule has 0 spiro atoms. The van der Waals surface area contributed by atoms with Gasteiger partial charge in [0, 0.05) is 18.3 Å². The van der Waals surface area contributed by atoms with Gasteiger partial charge in [-0.05, 0) is 56.4 Å². The molecule has 1 atom stereocenters. The predicted molar refractivity (Wildman–Crippen MR) is 82.3 cm³/mol. The van der Waals surface area contributed by atoms with E-state index in [1.165, 1.54) is 5.56 Å². The molecule has 0 saturated carbocycles. The summed E-state index contributed by atoms with van der Waals surface area (Å²) in [6.45, 7) is 8.19. The molecule has 1 aromatic carbocycles. The molecule has 2 aromatic rings. The van der Waals surface area contributed by atoms with Gasteiger partial charge in [0.1, 0.15) is 5.75 Å². The highest BCUT2D eigenvalue weighted by atomic mass is 16.5. The molecule has 0 aliphatic heterocycles. The Morgan fingerprint density at radius 3 is 2.40 bits per heavy atom. The van der Waals surface area contributed by atoms with Crippen molar-refractivity contribution in [1.29, 1.82) is 0 Å². The summed E-state index contributed by atoms with van der Waals surface area (Å²) in [5.74, 6) is 1.52. The average Bonchev–Trinajstić information content (AvgIpc) is 2.40. The summed E-state index contributed by atoms with van der Waals surface area (Å²) in [6.07, 6.45) is 2.66. The van der Waals surface area contributed by atoms with Crippen LogP contribution in [0.2, 0.25) is 0 Å². The first kappa shape index (κ1) is 14.5. The first-order chi connectivity index (χ1) is 9.47. The maximum Gasteiger partial charge on any atom is 0.219 e. The van der Waals surface area contributed by atoms with Gasteiger partial charge in [-0.25, -0.2) is 4.98 Å². The van der Waals surface area contributed by atoms with Gasteiger partial charge in [0.2, 0.25) is 5.88 Å². The number of nitrogens with zero attached hydrogens (tertiary/aromatic N) is 1. The summed E-state index contributed by atoms with van der Waals surface area (Å²) in [5, 5.41) is 0. The Bertz CT molecular complexity index is 589. The van der Waals surface area contributed by atoms with Crippen LogP contribution in [0.5, 0.6) is 11.6 Å². The van der Waals surface area contributed by atoms with Crippen LogP contribution in [0.25, 0.3) is 0 Å². The normalized spacial score (nSPS) is 12.2. The number of hydrogen-bond donors (Lipinski definition) is 1. The van der Waals surface area contributed by atoms with Crippen LogP contribution < -0.4 is 10.5 Å². The zero-order valence-electron chi connectivity index (χ0n) is 12.6. The highest BCUT2D eigenvalue weighted by Gasteiger charge is 2.08. The second kappa shape index (κ2) is 6.06. The van der Waals surface area contributed by atoms with E-state index in [4.69, 9.17) is 10.5 Å². The number of aromatic nitrogens is 1. The van der Waals surface area contributed by atoms with Gasteiger partial charge in [-0.3, -0.25) is 0 Å². The van der Waals surface area contributed by atoms with Crippen LogP contribution >= 0.6 is 0 Å². The van der Waals surface area contributed by atoms with Crippen LogP contribution in [0.4, 0.5) is 0 Å². The van der Waals surface area contributed by atoms with Crippen molar-refractivity contribution < 1.29 is 4.74 Å². The van der Waals surface area contributed by atoms with Gasteiger partial charge in [-0.1, -0.05) is 18.2 Å². The highest BCUT2D eigenvalue weighted by molar-refractivity contribution is 5.46. The number of aryl methyl sites for hydroxylation is 2. The molecule has 0 bridgehead atoms. The summed E-state index contributed by atoms with van der Waals surface area (Å²) < 4.78 is 5.94. The molecule has 3 heteroatoms. The van der Waals surface area contributed by atoms with E-state index in [0.29, 0.717) is 5.88 Å². The number of nitrogens with two attached hydrogens (primary N) is 1. The van der Waals surface area contributed by atoms with Crippen molar-refractivity contribution >= 4 is 0 Å². The second-order valence-electron chi connectivity index (χ2n) is 5.44. The standard InChI is InChI=1S/C17H22N2O/c1-11-5-6-12(2)17(14(11)4)20-16-8-7-15(10-19-16)9-13(3)18/h5-8,10,13H,9,18H2,1-4H3. The molecule has 3 nitrogen and oxygen atoms in total. The van der Waals surface area contributed by atoms with Crippen LogP contribution in [-0.4, -0.2) is 11.0 Å². The maximum atomic E-state index is 5.94. The molecular formula is C17H22N2O. The number of benzene rings is 1. The van der Waals surface area contributed by atoms with E-state index in [-0.39, 0.29) is 6.04 Å². The van der Waals surface area contributed by atoms with Gasteiger partial charge in [0.15, 0.2) is 0 Å². The molecule has 2 N–H and O–H groups in total. The molecule has 1 aromatic heterocycles. The SMILES string of the molecule is Cc1ccc(C)c(Oc2ccc(CC(C)N)cn2)c1C. The molecule has 0 saturated heterocycles. The quantitative estimate of drug-likeness (QED) is 0.921. The van der Waals surface area contributed by atoms with Crippen molar-refractivity contribution in [3.63, 3.8) is 0 Å². The molecule has 1 heterocycles. The third-order valence-corrected chi connectivity index (χ3v) is 3.44. The summed E-state index contributed by atoms with van der Waals surface area (Å²) >= 11 is 0. The van der Waals surface area contributed by atoms with Crippen molar-refractivity contribution in [1.82, 2.24) is 4.98 Å². The van der Waals surface area contributed by atoms with Crippen molar-refractivity contribution in [2.24, 2.45) is 5.73 Å². The van der Waals surface area contributed by atoms with E-state index in [0.717, 1.165) is 28.9 Å². The Labute approximate surface area is 120 Å². The van der Waals surface area contributed by atoms with E-state index in [1.807, 2.05) is 32.2 Å². The number of pyridine rings is 1. The molecule has 0 radical (unpaired) electrons. The lowest BCUT2D eigenvalue weighted by Crippen LogP contribution is -2.17. The lowest BCUT2D eigenvalue weighted by molar-refractivity contribution is 0.455. The minimum absolute atomic E-state index is 0.143. The Morgan fingerprint density at radius 1 is 1.10 bits per heavy atom. The average molecular weight is 270 g/mol. The molecule has 0 aliphatic carbocycles. The molecule has 0 fully saturated rings. The molecule has 2 rings (SSSR count). The van der Waals surface area contributed by atoms with E-state index in [1.54, 1.807) is 0 Å². The minimum Gasteiger partial charge on any atom is -0.438 e. The van der Waals surface area contributed by atoms with E-state index in [9.17, 15) is 0 Å². The van der Waals surface area contributed by atoms with Crippen LogP contribution in [0.15, 0.2) is 30.5 Å². The smallest absolute Gasteiger partial charge is 0.219 e. The van der Waals surface area contributed by atoms with Crippen LogP contribution in [-0.2, 0) is 6.42 Å². The molecule has 106 valence electrons. The van der Waals surface area contributed by atoms with Crippen molar-refractivity contribution in [3.8, 4) is 11.6 Å². The third kappa shape index (κ3) is 3.36. The van der Waals surface area contributed by atoms with Gasteiger partial charge < -0.3 is 10.5 Å². The highest BCUT2D eigenvalue weighted by Crippen LogP contribution is 2.29. The van der Waals surface area contributed by atoms with Gasteiger partial charge in [-0.15, -0.1) is 0 Å². The second-order valence-corrected chi connectivity index (χ2v) is 5.44.